The number of hydrogen-bond donors (Lipinski definition) is 1. The zero-order chi connectivity index (χ0) is 23.5. The molecule has 4 heteroatoms. The Balaban J connectivity index is 1.96. The molecule has 1 heterocycles. The van der Waals surface area contributed by atoms with Crippen molar-refractivity contribution in [2.45, 2.75) is 142 Å². The van der Waals surface area contributed by atoms with Gasteiger partial charge in [0, 0.05) is 20.3 Å². The summed E-state index contributed by atoms with van der Waals surface area (Å²) >= 11 is 0. The second-order valence-electron chi connectivity index (χ2n) is 9.96. The van der Waals surface area contributed by atoms with Crippen LogP contribution in [0.1, 0.15) is 130 Å². The number of allylic oxidation sites excluding steroid dienone is 1. The van der Waals surface area contributed by atoms with Crippen LogP contribution in [0, 0.1) is 0 Å². The molecule has 0 aromatic heterocycles. The van der Waals surface area contributed by atoms with E-state index in [0.717, 1.165) is 24.0 Å². The van der Waals surface area contributed by atoms with Gasteiger partial charge in [0.15, 0.2) is 12.3 Å². The van der Waals surface area contributed by atoms with Crippen LogP contribution in [0.5, 0.6) is 0 Å². The molecule has 0 saturated heterocycles. The van der Waals surface area contributed by atoms with E-state index in [9.17, 15) is 4.79 Å². The Bertz CT molecular complexity index is 519. The van der Waals surface area contributed by atoms with Crippen molar-refractivity contribution in [2.24, 2.45) is 4.99 Å². The summed E-state index contributed by atoms with van der Waals surface area (Å²) in [7, 11) is 0. The highest BCUT2D eigenvalue weighted by Gasteiger charge is 2.42. The summed E-state index contributed by atoms with van der Waals surface area (Å²) in [5.41, 5.74) is 0. The van der Waals surface area contributed by atoms with Crippen LogP contribution in [0.3, 0.4) is 0 Å². The average molecular weight is 449 g/mol. The van der Waals surface area contributed by atoms with Crippen molar-refractivity contribution in [1.82, 2.24) is 5.32 Å². The molecule has 3 atom stereocenters. The van der Waals surface area contributed by atoms with Crippen molar-refractivity contribution in [3.05, 3.63) is 12.7 Å². The summed E-state index contributed by atoms with van der Waals surface area (Å²) in [6, 6.07) is 0. The maximum atomic E-state index is 11.5. The highest BCUT2D eigenvalue weighted by Crippen LogP contribution is 2.27. The van der Waals surface area contributed by atoms with Gasteiger partial charge in [-0.05, 0) is 26.2 Å². The summed E-state index contributed by atoms with van der Waals surface area (Å²) in [5, 5.41) is 3.12. The van der Waals surface area contributed by atoms with Gasteiger partial charge >= 0.3 is 0 Å². The van der Waals surface area contributed by atoms with Crippen molar-refractivity contribution in [3.63, 3.8) is 0 Å². The molecule has 1 rings (SSSR count). The fraction of sp³-hybridized carbons (Fsp3) is 0.857. The molecule has 0 saturated carbocycles. The molecule has 0 fully saturated rings. The Morgan fingerprint density at radius 3 is 1.88 bits per heavy atom. The minimum Gasteiger partial charge on any atom is -0.307 e. The minimum atomic E-state index is 0.0593. The van der Waals surface area contributed by atoms with Gasteiger partial charge in [0.2, 0.25) is 5.91 Å². The largest absolute Gasteiger partial charge is 0.307 e. The van der Waals surface area contributed by atoms with Gasteiger partial charge in [0.05, 0.1) is 12.8 Å². The molecule has 1 aliphatic rings. The van der Waals surface area contributed by atoms with Gasteiger partial charge in [0.25, 0.3) is 0 Å². The van der Waals surface area contributed by atoms with Crippen LogP contribution in [0.15, 0.2) is 17.6 Å². The van der Waals surface area contributed by atoms with Crippen molar-refractivity contribution < 1.29 is 9.28 Å². The number of nitrogens with one attached hydrogen (secondary N) is 1. The molecule has 1 N–H and O–H groups in total. The lowest BCUT2D eigenvalue weighted by Gasteiger charge is -2.42. The number of carbonyl (C=O) groups excluding carboxylic acids is 1. The van der Waals surface area contributed by atoms with E-state index in [-0.39, 0.29) is 12.1 Å². The van der Waals surface area contributed by atoms with E-state index in [2.05, 4.69) is 32.0 Å². The maximum absolute atomic E-state index is 11.5. The molecule has 1 aliphatic heterocycles. The molecule has 32 heavy (non-hydrogen) atoms. The topological polar surface area (TPSA) is 41.5 Å². The highest BCUT2D eigenvalue weighted by molar-refractivity contribution is 5.73. The van der Waals surface area contributed by atoms with Crippen LogP contribution in [-0.4, -0.2) is 42.0 Å². The summed E-state index contributed by atoms with van der Waals surface area (Å²) in [6.07, 6.45) is 27.7. The smallest absolute Gasteiger partial charge is 0.221 e. The fourth-order valence-electron chi connectivity index (χ4n) is 5.27. The normalized spacial score (nSPS) is 21.0. The summed E-state index contributed by atoms with van der Waals surface area (Å²) < 4.78 is 0.884. The van der Waals surface area contributed by atoms with Crippen LogP contribution in [0.2, 0.25) is 0 Å². The number of aliphatic imine (C=N–C) groups is 1. The zero-order valence-corrected chi connectivity index (χ0v) is 21.8. The molecule has 186 valence electrons. The van der Waals surface area contributed by atoms with E-state index in [1.807, 2.05) is 6.08 Å². The molecule has 0 aromatic carbocycles. The van der Waals surface area contributed by atoms with Crippen molar-refractivity contribution in [2.75, 3.05) is 13.1 Å². The Kier molecular flexibility index (Phi) is 16.5. The third-order valence-electron chi connectivity index (χ3n) is 7.44. The van der Waals surface area contributed by atoms with E-state index in [4.69, 9.17) is 4.99 Å². The number of unbranched alkanes of at least 4 members (excludes halogenated alkanes) is 15. The average Bonchev–Trinajstić information content (AvgIpc) is 3.19. The van der Waals surface area contributed by atoms with Crippen LogP contribution in [-0.2, 0) is 4.79 Å². The molecule has 0 radical (unpaired) electrons. The molecule has 1 amide bonds. The van der Waals surface area contributed by atoms with Crippen molar-refractivity contribution >= 4 is 12.1 Å². The Morgan fingerprint density at radius 1 is 0.969 bits per heavy atom. The standard InChI is InChI=1S/C28H53N3O/c1-5-7-8-9-10-11-12-13-14-15-16-17-18-19-20-21-22-23-28-29-24-25-31(28,6-2)26(3)30-27(4)32/h5,24,26,28H,1,6-23,25H2,2-4H3/p+1. The Hall–Kier alpha value is -1.16. The van der Waals surface area contributed by atoms with Gasteiger partial charge in [-0.25, -0.2) is 4.99 Å². The number of rotatable bonds is 21. The quantitative estimate of drug-likeness (QED) is 0.110. The van der Waals surface area contributed by atoms with Gasteiger partial charge in [-0.1, -0.05) is 89.5 Å². The van der Waals surface area contributed by atoms with Crippen LogP contribution >= 0.6 is 0 Å². The molecule has 0 aromatic rings. The monoisotopic (exact) mass is 448 g/mol. The van der Waals surface area contributed by atoms with Gasteiger partial charge in [-0.15, -0.1) is 6.58 Å². The molecule has 3 unspecified atom stereocenters. The molecule has 0 spiro atoms. The van der Waals surface area contributed by atoms with Crippen molar-refractivity contribution in [3.8, 4) is 0 Å². The molecule has 0 aliphatic carbocycles. The van der Waals surface area contributed by atoms with E-state index in [0.29, 0.717) is 6.17 Å². The van der Waals surface area contributed by atoms with Gasteiger partial charge in [0.1, 0.15) is 6.54 Å². The van der Waals surface area contributed by atoms with E-state index < -0.39 is 0 Å². The van der Waals surface area contributed by atoms with E-state index in [1.165, 1.54) is 103 Å². The fourth-order valence-corrected chi connectivity index (χ4v) is 5.27. The zero-order valence-electron chi connectivity index (χ0n) is 21.8. The second kappa shape index (κ2) is 18.3. The molecular weight excluding hydrogens is 394 g/mol. The van der Waals surface area contributed by atoms with Crippen LogP contribution < -0.4 is 5.32 Å². The summed E-state index contributed by atoms with van der Waals surface area (Å²) in [6.45, 7) is 11.7. The number of nitrogens with zero attached hydrogens (tertiary/aromatic N) is 2. The minimum absolute atomic E-state index is 0.0593. The Morgan fingerprint density at radius 2 is 1.44 bits per heavy atom. The first kappa shape index (κ1) is 28.9. The lowest BCUT2D eigenvalue weighted by molar-refractivity contribution is -0.959. The Labute approximate surface area is 199 Å². The highest BCUT2D eigenvalue weighted by atomic mass is 16.1. The number of amides is 1. The predicted octanol–water partition coefficient (Wildman–Crippen LogP) is 7.53. The van der Waals surface area contributed by atoms with Gasteiger partial charge < -0.3 is 5.32 Å². The lowest BCUT2D eigenvalue weighted by atomic mass is 10.0. The van der Waals surface area contributed by atoms with E-state index >= 15 is 0 Å². The molecule has 4 nitrogen and oxygen atoms in total. The van der Waals surface area contributed by atoms with Crippen LogP contribution in [0.25, 0.3) is 0 Å². The third-order valence-corrected chi connectivity index (χ3v) is 7.44. The molecule has 0 bridgehead atoms. The van der Waals surface area contributed by atoms with E-state index in [1.54, 1.807) is 6.92 Å². The van der Waals surface area contributed by atoms with Gasteiger partial charge in [-0.2, -0.15) is 0 Å². The van der Waals surface area contributed by atoms with Crippen molar-refractivity contribution in [1.29, 1.82) is 0 Å². The number of carbonyl (C=O) groups is 1. The van der Waals surface area contributed by atoms with Crippen LogP contribution in [0.4, 0.5) is 0 Å². The SMILES string of the molecule is C=CCCCCCCCCCCCCCCCCCC1N=CC[N+]1(CC)C(C)NC(C)=O. The second-order valence-corrected chi connectivity index (χ2v) is 9.96. The lowest BCUT2D eigenvalue weighted by Crippen LogP contribution is -2.63. The predicted molar refractivity (Wildman–Crippen MR) is 140 cm³/mol. The summed E-state index contributed by atoms with van der Waals surface area (Å²) in [4.78, 5) is 16.3. The number of quaternary nitrogens is 1. The first-order chi connectivity index (χ1) is 15.6. The first-order valence-electron chi connectivity index (χ1n) is 13.8. The third kappa shape index (κ3) is 11.6. The number of hydrogen-bond acceptors (Lipinski definition) is 2. The summed E-state index contributed by atoms with van der Waals surface area (Å²) in [5.74, 6) is 0.0593. The first-order valence-corrected chi connectivity index (χ1v) is 13.8. The maximum Gasteiger partial charge on any atom is 0.221 e. The van der Waals surface area contributed by atoms with Gasteiger partial charge in [-0.3, -0.25) is 9.28 Å². The molecular formula is C28H54N3O+.